The van der Waals surface area contributed by atoms with Crippen molar-refractivity contribution < 1.29 is 19.1 Å². The number of carbonyl (C=O) groups is 2. The van der Waals surface area contributed by atoms with Crippen LogP contribution in [0.25, 0.3) is 0 Å². The summed E-state index contributed by atoms with van der Waals surface area (Å²) in [7, 11) is 0. The lowest BCUT2D eigenvalue weighted by atomic mass is 10.2. The summed E-state index contributed by atoms with van der Waals surface area (Å²) >= 11 is 0. The highest BCUT2D eigenvalue weighted by Gasteiger charge is 2.27. The summed E-state index contributed by atoms with van der Waals surface area (Å²) in [4.78, 5) is 24.5. The van der Waals surface area contributed by atoms with Crippen LogP contribution >= 0.6 is 0 Å². The highest BCUT2D eigenvalue weighted by molar-refractivity contribution is 5.96. The van der Waals surface area contributed by atoms with Gasteiger partial charge in [0.1, 0.15) is 6.61 Å². The minimum Gasteiger partial charge on any atom is -0.485 e. The van der Waals surface area contributed by atoms with Crippen LogP contribution in [0, 0.1) is 0 Å². The molecule has 8 heteroatoms. The van der Waals surface area contributed by atoms with Gasteiger partial charge in [0.05, 0.1) is 5.69 Å². The van der Waals surface area contributed by atoms with Crippen molar-refractivity contribution in [3.05, 3.63) is 54.1 Å². The first-order valence-electron chi connectivity index (χ1n) is 9.00. The second-order valence-electron chi connectivity index (χ2n) is 6.56. The number of ether oxygens (including phenoxy) is 2. The standard InChI is InChI=1S/C20H20N4O4/c1-13-10-11-24(23-13)15-8-6-14(7-9-15)19(25)21-22-20(26)18-12-27-16-4-2-3-5-17(16)28-18/h2-9,18H,10-12H2,1H3,(H,21,25)(H,22,26)/t18-/m0/s1. The number of para-hydroxylation sites is 2. The van der Waals surface area contributed by atoms with Crippen LogP contribution in [0.15, 0.2) is 53.6 Å². The number of hydrogen-bond donors (Lipinski definition) is 2. The summed E-state index contributed by atoms with van der Waals surface area (Å²) in [6.45, 7) is 2.90. The van der Waals surface area contributed by atoms with Crippen LogP contribution in [0.1, 0.15) is 23.7 Å². The smallest absolute Gasteiger partial charge is 0.283 e. The molecule has 8 nitrogen and oxygen atoms in total. The van der Waals surface area contributed by atoms with E-state index in [2.05, 4.69) is 16.0 Å². The van der Waals surface area contributed by atoms with Gasteiger partial charge in [-0.3, -0.25) is 25.4 Å². The Hall–Kier alpha value is -3.55. The molecular formula is C20H20N4O4. The minimum absolute atomic E-state index is 0.0726. The molecule has 0 aliphatic carbocycles. The molecule has 1 atom stereocenters. The topological polar surface area (TPSA) is 92.3 Å². The number of carbonyl (C=O) groups excluding carboxylic acids is 2. The molecule has 2 amide bonds. The van der Waals surface area contributed by atoms with Gasteiger partial charge in [-0.15, -0.1) is 0 Å². The minimum atomic E-state index is -0.839. The number of rotatable bonds is 3. The maximum Gasteiger partial charge on any atom is 0.283 e. The van der Waals surface area contributed by atoms with Crippen molar-refractivity contribution >= 4 is 23.2 Å². The first kappa shape index (κ1) is 17.8. The van der Waals surface area contributed by atoms with E-state index in [0.29, 0.717) is 17.1 Å². The molecule has 4 rings (SSSR count). The molecule has 28 heavy (non-hydrogen) atoms. The Bertz CT molecular complexity index is 926. The third kappa shape index (κ3) is 3.75. The number of anilines is 1. The summed E-state index contributed by atoms with van der Waals surface area (Å²) < 4.78 is 11.1. The number of nitrogens with one attached hydrogen (secondary N) is 2. The van der Waals surface area contributed by atoms with E-state index < -0.39 is 17.9 Å². The maximum atomic E-state index is 12.3. The molecule has 2 aliphatic heterocycles. The molecule has 2 heterocycles. The average Bonchev–Trinajstić information content (AvgIpc) is 3.17. The fourth-order valence-corrected chi connectivity index (χ4v) is 2.97. The predicted molar refractivity (Wildman–Crippen MR) is 103 cm³/mol. The highest BCUT2D eigenvalue weighted by atomic mass is 16.6. The zero-order chi connectivity index (χ0) is 19.5. The fourth-order valence-electron chi connectivity index (χ4n) is 2.97. The Morgan fingerprint density at radius 3 is 2.54 bits per heavy atom. The second-order valence-corrected chi connectivity index (χ2v) is 6.56. The summed E-state index contributed by atoms with van der Waals surface area (Å²) in [6, 6.07) is 14.1. The number of fused-ring (bicyclic) bond motifs is 1. The van der Waals surface area contributed by atoms with Crippen molar-refractivity contribution in [2.75, 3.05) is 18.2 Å². The molecule has 2 aromatic carbocycles. The summed E-state index contributed by atoms with van der Waals surface area (Å²) in [6.07, 6.45) is 0.0972. The van der Waals surface area contributed by atoms with Crippen LogP contribution in [-0.2, 0) is 4.79 Å². The lowest BCUT2D eigenvalue weighted by Gasteiger charge is -2.25. The van der Waals surface area contributed by atoms with E-state index in [4.69, 9.17) is 9.47 Å². The van der Waals surface area contributed by atoms with Gasteiger partial charge in [-0.2, -0.15) is 5.10 Å². The van der Waals surface area contributed by atoms with Gasteiger partial charge in [0.15, 0.2) is 11.5 Å². The second kappa shape index (κ2) is 7.59. The highest BCUT2D eigenvalue weighted by Crippen LogP contribution is 2.30. The summed E-state index contributed by atoms with van der Waals surface area (Å²) in [5, 5.41) is 6.33. The van der Waals surface area contributed by atoms with E-state index in [9.17, 15) is 9.59 Å². The van der Waals surface area contributed by atoms with Crippen LogP contribution in [0.2, 0.25) is 0 Å². The van der Waals surface area contributed by atoms with Gasteiger partial charge in [-0.25, -0.2) is 0 Å². The molecule has 0 bridgehead atoms. The Kier molecular flexibility index (Phi) is 4.84. The number of hydrogen-bond acceptors (Lipinski definition) is 6. The van der Waals surface area contributed by atoms with Crippen LogP contribution in [0.3, 0.4) is 0 Å². The number of amides is 2. The van der Waals surface area contributed by atoms with Crippen molar-refractivity contribution in [3.8, 4) is 11.5 Å². The summed E-state index contributed by atoms with van der Waals surface area (Å²) in [5.41, 5.74) is 7.21. The molecule has 2 aliphatic rings. The third-order valence-corrected chi connectivity index (χ3v) is 4.50. The SMILES string of the molecule is CC1=NN(c2ccc(C(=O)NNC(=O)[C@@H]3COc4ccccc4O3)cc2)CC1. The molecule has 0 spiro atoms. The van der Waals surface area contributed by atoms with Crippen molar-refractivity contribution in [2.24, 2.45) is 5.10 Å². The monoisotopic (exact) mass is 380 g/mol. The van der Waals surface area contributed by atoms with Crippen molar-refractivity contribution in [2.45, 2.75) is 19.4 Å². The lowest BCUT2D eigenvalue weighted by molar-refractivity contribution is -0.131. The van der Waals surface area contributed by atoms with Crippen molar-refractivity contribution in [3.63, 3.8) is 0 Å². The third-order valence-electron chi connectivity index (χ3n) is 4.50. The van der Waals surface area contributed by atoms with E-state index >= 15 is 0 Å². The molecule has 144 valence electrons. The Morgan fingerprint density at radius 1 is 1.07 bits per heavy atom. The van der Waals surface area contributed by atoms with Gasteiger partial charge in [-0.1, -0.05) is 12.1 Å². The molecule has 0 saturated heterocycles. The molecule has 0 aromatic heterocycles. The fraction of sp³-hybridized carbons (Fsp3) is 0.250. The first-order valence-corrected chi connectivity index (χ1v) is 9.00. The van der Waals surface area contributed by atoms with Crippen LogP contribution in [-0.4, -0.2) is 36.8 Å². The van der Waals surface area contributed by atoms with Gasteiger partial charge in [0.2, 0.25) is 6.10 Å². The van der Waals surface area contributed by atoms with Gasteiger partial charge in [0.25, 0.3) is 11.8 Å². The van der Waals surface area contributed by atoms with E-state index in [1.165, 1.54) is 0 Å². The largest absolute Gasteiger partial charge is 0.485 e. The predicted octanol–water partition coefficient (Wildman–Crippen LogP) is 1.87. The number of benzene rings is 2. The summed E-state index contributed by atoms with van der Waals surface area (Å²) in [5.74, 6) is 0.184. The molecule has 0 fully saturated rings. The Balaban J connectivity index is 1.31. The Labute approximate surface area is 162 Å². The number of hydrazone groups is 1. The van der Waals surface area contributed by atoms with E-state index in [1.807, 2.05) is 30.1 Å². The first-order chi connectivity index (χ1) is 13.6. The normalized spacial score (nSPS) is 17.7. The average molecular weight is 380 g/mol. The molecule has 0 saturated carbocycles. The number of hydrazine groups is 1. The molecular weight excluding hydrogens is 360 g/mol. The van der Waals surface area contributed by atoms with Crippen LogP contribution < -0.4 is 25.3 Å². The molecule has 0 radical (unpaired) electrons. The van der Waals surface area contributed by atoms with E-state index in [-0.39, 0.29) is 6.61 Å². The zero-order valence-corrected chi connectivity index (χ0v) is 15.3. The zero-order valence-electron chi connectivity index (χ0n) is 15.3. The number of nitrogens with zero attached hydrogens (tertiary/aromatic N) is 2. The van der Waals surface area contributed by atoms with E-state index in [0.717, 1.165) is 24.4 Å². The van der Waals surface area contributed by atoms with E-state index in [1.54, 1.807) is 30.3 Å². The maximum absolute atomic E-state index is 12.3. The molecule has 2 aromatic rings. The van der Waals surface area contributed by atoms with Crippen LogP contribution in [0.5, 0.6) is 11.5 Å². The molecule has 0 unspecified atom stereocenters. The van der Waals surface area contributed by atoms with Gasteiger partial charge in [0, 0.05) is 24.2 Å². The lowest BCUT2D eigenvalue weighted by Crippen LogP contribution is -2.50. The Morgan fingerprint density at radius 2 is 1.82 bits per heavy atom. The van der Waals surface area contributed by atoms with Gasteiger partial charge in [-0.05, 0) is 43.3 Å². The van der Waals surface area contributed by atoms with Crippen molar-refractivity contribution in [1.29, 1.82) is 0 Å². The molecule has 2 N–H and O–H groups in total. The van der Waals surface area contributed by atoms with Gasteiger partial charge < -0.3 is 9.47 Å². The van der Waals surface area contributed by atoms with Crippen LogP contribution in [0.4, 0.5) is 5.69 Å². The quantitative estimate of drug-likeness (QED) is 0.793. The van der Waals surface area contributed by atoms with Crippen molar-refractivity contribution in [1.82, 2.24) is 10.9 Å². The van der Waals surface area contributed by atoms with Gasteiger partial charge >= 0.3 is 0 Å².